The second-order valence-electron chi connectivity index (χ2n) is 6.04. The van der Waals surface area contributed by atoms with Crippen molar-refractivity contribution in [2.45, 2.75) is 0 Å². The number of carbonyl (C=O) groups is 1. The van der Waals surface area contributed by atoms with Gasteiger partial charge in [0, 0.05) is 25.2 Å². The average Bonchev–Trinajstić information content (AvgIpc) is 3.25. The SMILES string of the molecule is COc1cc2nc(N(CCN(C)C)C(=O)c3ccc(Cl)s3)sc2cc1OC. The lowest BCUT2D eigenvalue weighted by molar-refractivity contribution is 0.0989. The van der Waals surface area contributed by atoms with E-state index in [9.17, 15) is 4.79 Å². The van der Waals surface area contributed by atoms with Gasteiger partial charge in [0.25, 0.3) is 5.91 Å². The van der Waals surface area contributed by atoms with E-state index in [1.165, 1.54) is 22.7 Å². The van der Waals surface area contributed by atoms with Crippen LogP contribution in [0.1, 0.15) is 9.67 Å². The van der Waals surface area contributed by atoms with Crippen LogP contribution in [-0.4, -0.2) is 57.2 Å². The second-order valence-corrected chi connectivity index (χ2v) is 8.76. The van der Waals surface area contributed by atoms with Gasteiger partial charge in [-0.25, -0.2) is 4.98 Å². The van der Waals surface area contributed by atoms with Crippen LogP contribution in [0.5, 0.6) is 11.5 Å². The van der Waals surface area contributed by atoms with Gasteiger partial charge in [-0.1, -0.05) is 22.9 Å². The number of amides is 1. The first-order valence-corrected chi connectivity index (χ1v) is 10.2. The predicted octanol–water partition coefficient (Wildman–Crippen LogP) is 4.24. The molecule has 0 aliphatic rings. The minimum atomic E-state index is -0.105. The molecular weight excluding hydrogens is 406 g/mol. The van der Waals surface area contributed by atoms with Gasteiger partial charge in [-0.3, -0.25) is 9.69 Å². The fraction of sp³-hybridized carbons (Fsp3) is 0.333. The van der Waals surface area contributed by atoms with Gasteiger partial charge >= 0.3 is 0 Å². The van der Waals surface area contributed by atoms with Crippen LogP contribution in [0.4, 0.5) is 5.13 Å². The number of methoxy groups -OCH3 is 2. The molecule has 0 radical (unpaired) electrons. The summed E-state index contributed by atoms with van der Waals surface area (Å²) in [6.45, 7) is 1.24. The molecule has 3 rings (SSSR count). The number of likely N-dealkylation sites (N-methyl/N-ethyl adjacent to an activating group) is 1. The first-order chi connectivity index (χ1) is 12.9. The lowest BCUT2D eigenvalue weighted by Gasteiger charge is -2.21. The van der Waals surface area contributed by atoms with E-state index in [1.54, 1.807) is 31.3 Å². The maximum Gasteiger partial charge on any atom is 0.270 e. The Kier molecular flexibility index (Phi) is 6.21. The molecule has 144 valence electrons. The first kappa shape index (κ1) is 19.9. The number of benzene rings is 1. The van der Waals surface area contributed by atoms with E-state index in [1.807, 2.05) is 31.1 Å². The number of ether oxygens (including phenoxy) is 2. The van der Waals surface area contributed by atoms with Crippen LogP contribution in [0.25, 0.3) is 10.2 Å². The van der Waals surface area contributed by atoms with Gasteiger partial charge in [-0.15, -0.1) is 11.3 Å². The number of rotatable bonds is 7. The van der Waals surface area contributed by atoms with Crippen molar-refractivity contribution in [2.24, 2.45) is 0 Å². The Morgan fingerprint density at radius 1 is 1.11 bits per heavy atom. The van der Waals surface area contributed by atoms with E-state index in [2.05, 4.69) is 4.98 Å². The van der Waals surface area contributed by atoms with Crippen LogP contribution < -0.4 is 14.4 Å². The maximum absolute atomic E-state index is 13.1. The third-order valence-electron chi connectivity index (χ3n) is 3.91. The number of thiophene rings is 1. The number of halogens is 1. The zero-order valence-corrected chi connectivity index (χ0v) is 17.9. The summed E-state index contributed by atoms with van der Waals surface area (Å²) in [7, 11) is 7.13. The molecule has 0 bridgehead atoms. The highest BCUT2D eigenvalue weighted by Crippen LogP contribution is 2.38. The van der Waals surface area contributed by atoms with Crippen LogP contribution in [0.15, 0.2) is 24.3 Å². The monoisotopic (exact) mass is 425 g/mol. The van der Waals surface area contributed by atoms with Crippen molar-refractivity contribution in [2.75, 3.05) is 46.3 Å². The zero-order valence-electron chi connectivity index (χ0n) is 15.5. The third kappa shape index (κ3) is 4.35. The summed E-state index contributed by atoms with van der Waals surface area (Å²) in [5, 5.41) is 0.636. The Bertz CT molecular complexity index is 914. The Labute approximate surface area is 170 Å². The molecule has 6 nitrogen and oxygen atoms in total. The third-order valence-corrected chi connectivity index (χ3v) is 6.17. The summed E-state index contributed by atoms with van der Waals surface area (Å²) < 4.78 is 12.2. The van der Waals surface area contributed by atoms with Crippen molar-refractivity contribution in [3.05, 3.63) is 33.5 Å². The van der Waals surface area contributed by atoms with Gasteiger partial charge in [-0.2, -0.15) is 0 Å². The zero-order chi connectivity index (χ0) is 19.6. The smallest absolute Gasteiger partial charge is 0.270 e. The minimum absolute atomic E-state index is 0.105. The van der Waals surface area contributed by atoms with E-state index in [0.717, 1.165) is 10.2 Å². The molecule has 0 saturated carbocycles. The number of nitrogens with zero attached hydrogens (tertiary/aromatic N) is 3. The van der Waals surface area contributed by atoms with Crippen molar-refractivity contribution in [3.63, 3.8) is 0 Å². The van der Waals surface area contributed by atoms with Crippen molar-refractivity contribution in [3.8, 4) is 11.5 Å². The highest BCUT2D eigenvalue weighted by Gasteiger charge is 2.23. The second kappa shape index (κ2) is 8.43. The van der Waals surface area contributed by atoms with Crippen LogP contribution in [0.2, 0.25) is 4.34 Å². The first-order valence-electron chi connectivity index (χ1n) is 8.17. The number of anilines is 1. The number of aromatic nitrogens is 1. The van der Waals surface area contributed by atoms with Crippen LogP contribution in [-0.2, 0) is 0 Å². The Balaban J connectivity index is 2.01. The molecule has 0 spiro atoms. The standard InChI is InChI=1S/C18H20ClN3O3S2/c1-21(2)7-8-22(17(23)14-5-6-16(19)26-14)18-20-11-9-12(24-3)13(25-4)10-15(11)27-18/h5-6,9-10H,7-8H2,1-4H3. The van der Waals surface area contributed by atoms with Gasteiger partial charge in [0.15, 0.2) is 16.6 Å². The fourth-order valence-electron chi connectivity index (χ4n) is 2.50. The highest BCUT2D eigenvalue weighted by molar-refractivity contribution is 7.22. The van der Waals surface area contributed by atoms with Crippen LogP contribution in [0.3, 0.4) is 0 Å². The van der Waals surface area contributed by atoms with Gasteiger partial charge < -0.3 is 14.4 Å². The fourth-order valence-corrected chi connectivity index (χ4v) is 4.50. The summed E-state index contributed by atoms with van der Waals surface area (Å²) in [4.78, 5) is 22.1. The van der Waals surface area contributed by atoms with Crippen molar-refractivity contribution < 1.29 is 14.3 Å². The van der Waals surface area contributed by atoms with E-state index in [0.29, 0.717) is 38.9 Å². The molecule has 1 aromatic carbocycles. The molecule has 0 N–H and O–H groups in total. The molecule has 0 fully saturated rings. The molecule has 0 aliphatic carbocycles. The normalized spacial score (nSPS) is 11.2. The Morgan fingerprint density at radius 3 is 2.41 bits per heavy atom. The van der Waals surface area contributed by atoms with Crippen molar-refractivity contribution in [1.29, 1.82) is 0 Å². The number of carbonyl (C=O) groups excluding carboxylic acids is 1. The molecule has 1 amide bonds. The van der Waals surface area contributed by atoms with Crippen LogP contribution >= 0.6 is 34.3 Å². The van der Waals surface area contributed by atoms with E-state index in [4.69, 9.17) is 21.1 Å². The lowest BCUT2D eigenvalue weighted by Crippen LogP contribution is -2.36. The average molecular weight is 426 g/mol. The Morgan fingerprint density at radius 2 is 1.81 bits per heavy atom. The molecule has 0 unspecified atom stereocenters. The van der Waals surface area contributed by atoms with Gasteiger partial charge in [0.05, 0.1) is 33.6 Å². The molecule has 9 heteroatoms. The van der Waals surface area contributed by atoms with Gasteiger partial charge in [0.2, 0.25) is 0 Å². The largest absolute Gasteiger partial charge is 0.493 e. The molecule has 0 atom stereocenters. The minimum Gasteiger partial charge on any atom is -0.493 e. The van der Waals surface area contributed by atoms with Crippen LogP contribution in [0, 0.1) is 0 Å². The number of hydrogen-bond acceptors (Lipinski definition) is 7. The Hall–Kier alpha value is -1.87. The van der Waals surface area contributed by atoms with E-state index < -0.39 is 0 Å². The summed E-state index contributed by atoms with van der Waals surface area (Å²) in [5.74, 6) is 1.14. The van der Waals surface area contributed by atoms with Crippen molar-refractivity contribution >= 4 is 55.5 Å². The summed E-state index contributed by atoms with van der Waals surface area (Å²) in [5.41, 5.74) is 0.763. The number of fused-ring (bicyclic) bond motifs is 1. The quantitative estimate of drug-likeness (QED) is 0.566. The molecule has 3 aromatic rings. The lowest BCUT2D eigenvalue weighted by atomic mass is 10.3. The molecular formula is C18H20ClN3O3S2. The predicted molar refractivity (Wildman–Crippen MR) is 112 cm³/mol. The van der Waals surface area contributed by atoms with E-state index in [-0.39, 0.29) is 5.91 Å². The number of hydrogen-bond donors (Lipinski definition) is 0. The molecule has 0 aliphatic heterocycles. The maximum atomic E-state index is 13.1. The molecule has 27 heavy (non-hydrogen) atoms. The van der Waals surface area contributed by atoms with Gasteiger partial charge in [-0.05, 0) is 26.2 Å². The molecule has 2 aromatic heterocycles. The van der Waals surface area contributed by atoms with Crippen molar-refractivity contribution in [1.82, 2.24) is 9.88 Å². The summed E-state index contributed by atoms with van der Waals surface area (Å²) >= 11 is 8.73. The highest BCUT2D eigenvalue weighted by atomic mass is 35.5. The summed E-state index contributed by atoms with van der Waals surface area (Å²) in [6, 6.07) is 7.19. The van der Waals surface area contributed by atoms with E-state index >= 15 is 0 Å². The number of thiazole rings is 1. The van der Waals surface area contributed by atoms with Gasteiger partial charge in [0.1, 0.15) is 0 Å². The molecule has 0 saturated heterocycles. The topological polar surface area (TPSA) is 54.9 Å². The summed E-state index contributed by atoms with van der Waals surface area (Å²) in [6.07, 6.45) is 0. The molecule has 2 heterocycles.